The fraction of sp³-hybridized carbons (Fsp3) is 0. The number of aromatic amines is 1. The van der Waals surface area contributed by atoms with Gasteiger partial charge in [-0.1, -0.05) is 18.2 Å². The van der Waals surface area contributed by atoms with Gasteiger partial charge in [0.05, 0.1) is 16.7 Å². The maximum Gasteiger partial charge on any atom is 0.278 e. The van der Waals surface area contributed by atoms with Crippen LogP contribution in [0, 0.1) is 14.9 Å². The first-order chi connectivity index (χ1) is 11.2. The molecule has 1 aromatic carbocycles. The predicted molar refractivity (Wildman–Crippen MR) is 86.7 cm³/mol. The predicted octanol–water partition coefficient (Wildman–Crippen LogP) is 2.79. The number of hydrogen-bond acceptors (Lipinski definition) is 6. The van der Waals surface area contributed by atoms with E-state index in [0.717, 1.165) is 0 Å². The van der Waals surface area contributed by atoms with Crippen LogP contribution in [0.15, 0.2) is 53.8 Å². The molecule has 114 valence electrons. The van der Waals surface area contributed by atoms with Gasteiger partial charge in [0.2, 0.25) is 10.6 Å². The molecular formula is C14H10N6O2S. The molecule has 2 heterocycles. The van der Waals surface area contributed by atoms with Crippen molar-refractivity contribution >= 4 is 24.1 Å². The van der Waals surface area contributed by atoms with Gasteiger partial charge >= 0.3 is 0 Å². The van der Waals surface area contributed by atoms with E-state index >= 15 is 0 Å². The molecule has 0 radical (unpaired) electrons. The number of pyridine rings is 1. The smallest absolute Gasteiger partial charge is 0.258 e. The van der Waals surface area contributed by atoms with Gasteiger partial charge in [0.25, 0.3) is 5.69 Å². The third kappa shape index (κ3) is 3.04. The van der Waals surface area contributed by atoms with Crippen LogP contribution in [0.4, 0.5) is 5.69 Å². The highest BCUT2D eigenvalue weighted by molar-refractivity contribution is 7.71. The molecular weight excluding hydrogens is 316 g/mol. The van der Waals surface area contributed by atoms with E-state index in [1.54, 1.807) is 36.5 Å². The van der Waals surface area contributed by atoms with E-state index in [4.69, 9.17) is 12.2 Å². The molecule has 9 heteroatoms. The number of hydrogen-bond donors (Lipinski definition) is 1. The van der Waals surface area contributed by atoms with Crippen LogP contribution in [-0.4, -0.2) is 31.0 Å². The van der Waals surface area contributed by atoms with Gasteiger partial charge in [0, 0.05) is 12.3 Å². The van der Waals surface area contributed by atoms with E-state index in [2.05, 4.69) is 20.3 Å². The summed E-state index contributed by atoms with van der Waals surface area (Å²) in [4.78, 5) is 14.8. The number of rotatable bonds is 4. The maximum atomic E-state index is 11.0. The van der Waals surface area contributed by atoms with Crippen molar-refractivity contribution in [3.05, 3.63) is 69.1 Å². The minimum Gasteiger partial charge on any atom is -0.258 e. The van der Waals surface area contributed by atoms with Gasteiger partial charge < -0.3 is 0 Å². The Morgan fingerprint density at radius 3 is 2.78 bits per heavy atom. The fourth-order valence-corrected chi connectivity index (χ4v) is 2.12. The SMILES string of the molecule is O=[N+]([O-])c1ccccc1/C=N/n1c(-c2ccccn2)n[nH]c1=S. The standard InChI is InChI=1S/C14H10N6O2S/c21-20(22)12-7-2-1-5-10(12)9-16-19-13(17-18-14(19)23)11-6-3-4-8-15-11/h1-9H,(H,18,23)/b16-9+. The molecule has 0 bridgehead atoms. The molecule has 0 aliphatic heterocycles. The Morgan fingerprint density at radius 2 is 2.04 bits per heavy atom. The number of aromatic nitrogens is 4. The lowest BCUT2D eigenvalue weighted by Gasteiger charge is -2.00. The zero-order valence-electron chi connectivity index (χ0n) is 11.7. The van der Waals surface area contributed by atoms with E-state index < -0.39 is 4.92 Å². The number of nitro benzene ring substituents is 1. The van der Waals surface area contributed by atoms with E-state index in [1.807, 2.05) is 6.07 Å². The van der Waals surface area contributed by atoms with Crippen LogP contribution in [0.25, 0.3) is 11.5 Å². The van der Waals surface area contributed by atoms with Gasteiger partial charge in [-0.15, -0.1) is 0 Å². The van der Waals surface area contributed by atoms with Crippen molar-refractivity contribution in [2.45, 2.75) is 0 Å². The molecule has 0 saturated heterocycles. The Bertz CT molecular complexity index is 932. The van der Waals surface area contributed by atoms with Crippen molar-refractivity contribution in [1.29, 1.82) is 0 Å². The summed E-state index contributed by atoms with van der Waals surface area (Å²) in [7, 11) is 0. The lowest BCUT2D eigenvalue weighted by molar-refractivity contribution is -0.385. The Labute approximate surface area is 135 Å². The zero-order chi connectivity index (χ0) is 16.2. The minimum absolute atomic E-state index is 0.0364. The summed E-state index contributed by atoms with van der Waals surface area (Å²) >= 11 is 5.14. The van der Waals surface area contributed by atoms with Crippen LogP contribution in [-0.2, 0) is 0 Å². The summed E-state index contributed by atoms with van der Waals surface area (Å²) < 4.78 is 1.63. The van der Waals surface area contributed by atoms with Crippen molar-refractivity contribution in [1.82, 2.24) is 19.9 Å². The number of nitro groups is 1. The second kappa shape index (κ2) is 6.28. The second-order valence-corrected chi connectivity index (χ2v) is 4.83. The van der Waals surface area contributed by atoms with E-state index in [1.165, 1.54) is 17.0 Å². The van der Waals surface area contributed by atoms with E-state index in [9.17, 15) is 10.1 Å². The van der Waals surface area contributed by atoms with Gasteiger partial charge in [-0.05, 0) is 30.4 Å². The summed E-state index contributed by atoms with van der Waals surface area (Å²) in [5, 5.41) is 22.0. The normalized spacial score (nSPS) is 11.0. The lowest BCUT2D eigenvalue weighted by Crippen LogP contribution is -1.98. The van der Waals surface area contributed by atoms with Crippen molar-refractivity contribution in [3.8, 4) is 11.5 Å². The van der Waals surface area contributed by atoms with Crippen molar-refractivity contribution < 1.29 is 4.92 Å². The molecule has 0 saturated carbocycles. The quantitative estimate of drug-likeness (QED) is 0.344. The summed E-state index contributed by atoms with van der Waals surface area (Å²) in [6.07, 6.45) is 3.00. The minimum atomic E-state index is -0.463. The van der Waals surface area contributed by atoms with Gasteiger partial charge in [-0.25, -0.2) is 5.10 Å². The van der Waals surface area contributed by atoms with Gasteiger partial charge in [0.1, 0.15) is 5.69 Å². The summed E-state index contributed by atoms with van der Waals surface area (Å²) in [5.74, 6) is 0.422. The summed E-state index contributed by atoms with van der Waals surface area (Å²) in [6.45, 7) is 0. The first kappa shape index (κ1) is 14.7. The van der Waals surface area contributed by atoms with Crippen LogP contribution in [0.3, 0.4) is 0 Å². The van der Waals surface area contributed by atoms with Gasteiger partial charge in [-0.2, -0.15) is 14.9 Å². The molecule has 0 aliphatic rings. The summed E-state index contributed by atoms with van der Waals surface area (Å²) in [5.41, 5.74) is 0.915. The van der Waals surface area contributed by atoms with Gasteiger partial charge in [0.15, 0.2) is 0 Å². The molecule has 0 spiro atoms. The highest BCUT2D eigenvalue weighted by Crippen LogP contribution is 2.17. The molecule has 3 aromatic rings. The lowest BCUT2D eigenvalue weighted by atomic mass is 10.2. The molecule has 0 aliphatic carbocycles. The topological polar surface area (TPSA) is 102 Å². The number of H-pyrrole nitrogens is 1. The molecule has 0 amide bonds. The maximum absolute atomic E-state index is 11.0. The first-order valence-corrected chi connectivity index (χ1v) is 6.94. The largest absolute Gasteiger partial charge is 0.278 e. The van der Waals surface area contributed by atoms with Crippen LogP contribution >= 0.6 is 12.2 Å². The third-order valence-electron chi connectivity index (χ3n) is 2.99. The van der Waals surface area contributed by atoms with Crippen molar-refractivity contribution in [2.75, 3.05) is 0 Å². The number of benzene rings is 1. The molecule has 23 heavy (non-hydrogen) atoms. The average molecular weight is 326 g/mol. The Balaban J connectivity index is 2.04. The highest BCUT2D eigenvalue weighted by atomic mass is 32.1. The van der Waals surface area contributed by atoms with Crippen LogP contribution in [0.5, 0.6) is 0 Å². The van der Waals surface area contributed by atoms with Gasteiger partial charge in [-0.3, -0.25) is 15.1 Å². The van der Waals surface area contributed by atoms with E-state index in [-0.39, 0.29) is 10.5 Å². The van der Waals surface area contributed by atoms with E-state index in [0.29, 0.717) is 17.1 Å². The second-order valence-electron chi connectivity index (χ2n) is 4.44. The summed E-state index contributed by atoms with van der Waals surface area (Å²) in [6, 6.07) is 11.7. The molecule has 0 unspecified atom stereocenters. The molecule has 8 nitrogen and oxygen atoms in total. The highest BCUT2D eigenvalue weighted by Gasteiger charge is 2.12. The Kier molecular flexibility index (Phi) is 4.02. The molecule has 2 aromatic heterocycles. The third-order valence-corrected chi connectivity index (χ3v) is 3.25. The molecule has 0 atom stereocenters. The molecule has 3 rings (SSSR count). The van der Waals surface area contributed by atoms with Crippen LogP contribution in [0.1, 0.15) is 5.56 Å². The molecule has 0 fully saturated rings. The number of nitrogens with zero attached hydrogens (tertiary/aromatic N) is 5. The van der Waals surface area contributed by atoms with Crippen LogP contribution in [0.2, 0.25) is 0 Å². The fourth-order valence-electron chi connectivity index (χ4n) is 1.94. The number of para-hydroxylation sites is 1. The Morgan fingerprint density at radius 1 is 1.26 bits per heavy atom. The first-order valence-electron chi connectivity index (χ1n) is 6.53. The van der Waals surface area contributed by atoms with Crippen molar-refractivity contribution in [3.63, 3.8) is 0 Å². The average Bonchev–Trinajstić information content (AvgIpc) is 2.94. The molecule has 1 N–H and O–H groups in total. The Hall–Kier alpha value is -3.20. The zero-order valence-corrected chi connectivity index (χ0v) is 12.5. The van der Waals surface area contributed by atoms with Crippen molar-refractivity contribution in [2.24, 2.45) is 5.10 Å². The van der Waals surface area contributed by atoms with Crippen LogP contribution < -0.4 is 0 Å². The number of nitrogens with one attached hydrogen (secondary N) is 1. The monoisotopic (exact) mass is 326 g/mol.